The van der Waals surface area contributed by atoms with Crippen molar-refractivity contribution in [3.05, 3.63) is 35.9 Å². The monoisotopic (exact) mass is 317 g/mol. The van der Waals surface area contributed by atoms with Gasteiger partial charge in [-0.3, -0.25) is 4.79 Å². The third-order valence-electron chi connectivity index (χ3n) is 4.51. The van der Waals surface area contributed by atoms with Crippen LogP contribution in [0, 0.1) is 5.92 Å². The number of carbonyl (C=O) groups excluding carboxylic acids is 1. The Balaban J connectivity index is 1.70. The summed E-state index contributed by atoms with van der Waals surface area (Å²) in [5.74, 6) is 1.42. The molecule has 124 valence electrons. The number of imidazole rings is 2. The number of aromatic nitrogens is 4. The smallest absolute Gasteiger partial charge is 0.271 e. The molecule has 2 atom stereocenters. The zero-order valence-corrected chi connectivity index (χ0v) is 13.6. The molecule has 2 aromatic rings. The van der Waals surface area contributed by atoms with Gasteiger partial charge in [-0.15, -0.1) is 0 Å². The number of aliphatic hydroxyl groups is 1. The molecular weight excluding hydrogens is 294 g/mol. The molecule has 0 radical (unpaired) electrons. The molecule has 3 heterocycles. The van der Waals surface area contributed by atoms with Crippen LogP contribution in [-0.4, -0.2) is 48.5 Å². The van der Waals surface area contributed by atoms with E-state index in [4.69, 9.17) is 0 Å². The first-order valence-corrected chi connectivity index (χ1v) is 8.08. The topological polar surface area (TPSA) is 87.0 Å². The fourth-order valence-corrected chi connectivity index (χ4v) is 3.15. The third kappa shape index (κ3) is 3.14. The van der Waals surface area contributed by atoms with E-state index in [-0.39, 0.29) is 11.8 Å². The van der Waals surface area contributed by atoms with Crippen LogP contribution in [0.2, 0.25) is 0 Å². The molecule has 0 bridgehead atoms. The van der Waals surface area contributed by atoms with Crippen molar-refractivity contribution < 1.29 is 9.90 Å². The van der Waals surface area contributed by atoms with E-state index < -0.39 is 6.10 Å². The Kier molecular flexibility index (Phi) is 4.47. The van der Waals surface area contributed by atoms with E-state index >= 15 is 0 Å². The summed E-state index contributed by atoms with van der Waals surface area (Å²) in [7, 11) is 1.87. The van der Waals surface area contributed by atoms with E-state index in [1.807, 2.05) is 24.7 Å². The highest BCUT2D eigenvalue weighted by atomic mass is 16.3. The Bertz CT molecular complexity index is 678. The molecule has 0 aliphatic carbocycles. The Morgan fingerprint density at radius 1 is 1.52 bits per heavy atom. The van der Waals surface area contributed by atoms with Gasteiger partial charge in [-0.05, 0) is 12.8 Å². The summed E-state index contributed by atoms with van der Waals surface area (Å²) in [6.07, 6.45) is 6.99. The van der Waals surface area contributed by atoms with Crippen LogP contribution in [0.3, 0.4) is 0 Å². The molecule has 23 heavy (non-hydrogen) atoms. The van der Waals surface area contributed by atoms with Crippen molar-refractivity contribution in [2.45, 2.75) is 32.3 Å². The molecule has 1 saturated heterocycles. The molecule has 3 rings (SSSR count). The average molecular weight is 317 g/mol. The summed E-state index contributed by atoms with van der Waals surface area (Å²) < 4.78 is 1.83. The van der Waals surface area contributed by atoms with E-state index in [9.17, 15) is 9.90 Å². The Labute approximate surface area is 135 Å². The number of piperidine rings is 1. The van der Waals surface area contributed by atoms with E-state index in [2.05, 4.69) is 15.0 Å². The maximum absolute atomic E-state index is 12.6. The maximum Gasteiger partial charge on any atom is 0.271 e. The highest BCUT2D eigenvalue weighted by Crippen LogP contribution is 2.29. The number of nitrogens with one attached hydrogen (secondary N) is 1. The number of likely N-dealkylation sites (tertiary alicyclic amines) is 1. The van der Waals surface area contributed by atoms with Gasteiger partial charge < -0.3 is 19.6 Å². The van der Waals surface area contributed by atoms with Crippen molar-refractivity contribution in [2.75, 3.05) is 13.1 Å². The number of amides is 1. The van der Waals surface area contributed by atoms with Crippen molar-refractivity contribution in [2.24, 2.45) is 13.0 Å². The van der Waals surface area contributed by atoms with Crippen LogP contribution in [-0.2, 0) is 13.5 Å². The quantitative estimate of drug-likeness (QED) is 0.889. The van der Waals surface area contributed by atoms with Gasteiger partial charge in [0.1, 0.15) is 23.4 Å². The van der Waals surface area contributed by atoms with Gasteiger partial charge >= 0.3 is 0 Å². The maximum atomic E-state index is 12.6. The van der Waals surface area contributed by atoms with Gasteiger partial charge in [-0.25, -0.2) is 9.97 Å². The number of carbonyl (C=O) groups is 1. The molecule has 0 aromatic carbocycles. The van der Waals surface area contributed by atoms with Gasteiger partial charge in [0.2, 0.25) is 0 Å². The number of H-pyrrole nitrogens is 1. The van der Waals surface area contributed by atoms with Gasteiger partial charge in [0.25, 0.3) is 5.91 Å². The number of rotatable bonds is 4. The molecule has 7 heteroatoms. The third-order valence-corrected chi connectivity index (χ3v) is 4.51. The molecule has 1 amide bonds. The van der Waals surface area contributed by atoms with Crippen molar-refractivity contribution in [3.63, 3.8) is 0 Å². The predicted octanol–water partition coefficient (Wildman–Crippen LogP) is 1.29. The second kappa shape index (κ2) is 6.54. The molecule has 1 aliphatic rings. The number of hydrogen-bond donors (Lipinski definition) is 2. The van der Waals surface area contributed by atoms with Gasteiger partial charge in [0, 0.05) is 44.9 Å². The van der Waals surface area contributed by atoms with Crippen molar-refractivity contribution >= 4 is 5.91 Å². The van der Waals surface area contributed by atoms with Gasteiger partial charge in [-0.2, -0.15) is 0 Å². The van der Waals surface area contributed by atoms with E-state index in [1.54, 1.807) is 17.3 Å². The van der Waals surface area contributed by atoms with E-state index in [0.717, 1.165) is 25.1 Å². The van der Waals surface area contributed by atoms with Crippen LogP contribution in [0.4, 0.5) is 0 Å². The SMILES string of the molecule is CCc1ncc(C(=O)N2CCCC(C(O)c3nccn3C)C2)[nH]1. The number of aryl methyl sites for hydroxylation is 2. The molecule has 7 nitrogen and oxygen atoms in total. The van der Waals surface area contributed by atoms with Gasteiger partial charge in [0.05, 0.1) is 6.20 Å². The number of aliphatic hydroxyl groups excluding tert-OH is 1. The predicted molar refractivity (Wildman–Crippen MR) is 84.8 cm³/mol. The molecule has 0 saturated carbocycles. The molecule has 2 aromatic heterocycles. The molecule has 1 fully saturated rings. The zero-order chi connectivity index (χ0) is 16.4. The lowest BCUT2D eigenvalue weighted by Crippen LogP contribution is -2.42. The normalized spacial score (nSPS) is 19.8. The van der Waals surface area contributed by atoms with Crippen molar-refractivity contribution in [1.82, 2.24) is 24.4 Å². The van der Waals surface area contributed by atoms with Crippen molar-refractivity contribution in [3.8, 4) is 0 Å². The summed E-state index contributed by atoms with van der Waals surface area (Å²) in [5.41, 5.74) is 0.522. The second-order valence-electron chi connectivity index (χ2n) is 6.09. The van der Waals surface area contributed by atoms with Crippen LogP contribution < -0.4 is 0 Å². The summed E-state index contributed by atoms with van der Waals surface area (Å²) in [6, 6.07) is 0. The molecule has 2 unspecified atom stereocenters. The number of hydrogen-bond acceptors (Lipinski definition) is 4. The summed E-state index contributed by atoms with van der Waals surface area (Å²) in [6.45, 7) is 3.24. The molecular formula is C16H23N5O2. The fraction of sp³-hybridized carbons (Fsp3) is 0.562. The minimum absolute atomic E-state index is 0.00219. The van der Waals surface area contributed by atoms with Crippen LogP contribution in [0.15, 0.2) is 18.6 Å². The summed E-state index contributed by atoms with van der Waals surface area (Å²) in [4.78, 5) is 25.9. The van der Waals surface area contributed by atoms with Gasteiger partial charge in [0.15, 0.2) is 0 Å². The van der Waals surface area contributed by atoms with Crippen LogP contribution in [0.25, 0.3) is 0 Å². The largest absolute Gasteiger partial charge is 0.385 e. The minimum atomic E-state index is -0.654. The van der Waals surface area contributed by atoms with Crippen LogP contribution in [0.5, 0.6) is 0 Å². The number of aromatic amines is 1. The highest BCUT2D eigenvalue weighted by molar-refractivity contribution is 5.92. The molecule has 2 N–H and O–H groups in total. The second-order valence-corrected chi connectivity index (χ2v) is 6.09. The Morgan fingerprint density at radius 2 is 2.35 bits per heavy atom. The first-order chi connectivity index (χ1) is 11.1. The summed E-state index contributed by atoms with van der Waals surface area (Å²) in [5, 5.41) is 10.6. The highest BCUT2D eigenvalue weighted by Gasteiger charge is 2.31. The molecule has 0 spiro atoms. The van der Waals surface area contributed by atoms with Crippen molar-refractivity contribution in [1.29, 1.82) is 0 Å². The minimum Gasteiger partial charge on any atom is -0.385 e. The standard InChI is InChI=1S/C16H23N5O2/c1-3-13-18-9-12(19-13)16(23)21-7-4-5-11(10-21)14(22)15-17-6-8-20(15)2/h6,8-9,11,14,22H,3-5,7,10H2,1-2H3,(H,18,19). The Morgan fingerprint density at radius 3 is 3.00 bits per heavy atom. The van der Waals surface area contributed by atoms with Crippen LogP contribution >= 0.6 is 0 Å². The average Bonchev–Trinajstić information content (AvgIpc) is 3.22. The van der Waals surface area contributed by atoms with Gasteiger partial charge in [-0.1, -0.05) is 6.92 Å². The van der Waals surface area contributed by atoms with Crippen LogP contribution in [0.1, 0.15) is 48.0 Å². The molecule has 1 aliphatic heterocycles. The number of nitrogens with zero attached hydrogens (tertiary/aromatic N) is 4. The lowest BCUT2D eigenvalue weighted by Gasteiger charge is -2.34. The van der Waals surface area contributed by atoms with E-state index in [1.165, 1.54) is 0 Å². The van der Waals surface area contributed by atoms with E-state index in [0.29, 0.717) is 24.6 Å². The lowest BCUT2D eigenvalue weighted by molar-refractivity contribution is 0.0355. The zero-order valence-electron chi connectivity index (χ0n) is 13.6. The summed E-state index contributed by atoms with van der Waals surface area (Å²) >= 11 is 0. The fourth-order valence-electron chi connectivity index (χ4n) is 3.15. The first-order valence-electron chi connectivity index (χ1n) is 8.08. The Hall–Kier alpha value is -2.15. The first kappa shape index (κ1) is 15.7. The lowest BCUT2D eigenvalue weighted by atomic mass is 9.92.